The molecule has 108 valence electrons. The van der Waals surface area contributed by atoms with Crippen LogP contribution >= 0.6 is 12.6 Å². The van der Waals surface area contributed by atoms with Crippen molar-refractivity contribution in [1.29, 1.82) is 0 Å². The summed E-state index contributed by atoms with van der Waals surface area (Å²) in [4.78, 5) is 12.0. The molecule has 0 fully saturated rings. The summed E-state index contributed by atoms with van der Waals surface area (Å²) in [6.07, 6.45) is -0.00347. The van der Waals surface area contributed by atoms with Crippen molar-refractivity contribution in [3.05, 3.63) is 46.7 Å². The van der Waals surface area contributed by atoms with Crippen LogP contribution in [0.2, 0.25) is 0 Å². The van der Waals surface area contributed by atoms with E-state index in [9.17, 15) is 13.6 Å². The van der Waals surface area contributed by atoms with Gasteiger partial charge in [-0.15, -0.1) is 12.6 Å². The maximum atomic E-state index is 13.7. The maximum Gasteiger partial charge on any atom is 0.251 e. The first kappa shape index (κ1) is 14.8. The Hall–Kier alpha value is -1.56. The van der Waals surface area contributed by atoms with E-state index in [4.69, 9.17) is 0 Å². The predicted molar refractivity (Wildman–Crippen MR) is 76.0 cm³/mol. The highest BCUT2D eigenvalue weighted by Gasteiger charge is 2.27. The van der Waals surface area contributed by atoms with Crippen molar-refractivity contribution in [3.63, 3.8) is 0 Å². The molecule has 0 aromatic heterocycles. The van der Waals surface area contributed by atoms with E-state index >= 15 is 0 Å². The number of benzene rings is 1. The quantitative estimate of drug-likeness (QED) is 0.750. The summed E-state index contributed by atoms with van der Waals surface area (Å²) < 4.78 is 27.4. The zero-order valence-electron chi connectivity index (χ0n) is 11.2. The summed E-state index contributed by atoms with van der Waals surface area (Å²) in [5.41, 5.74) is 0.393. The second-order valence-electron chi connectivity index (χ2n) is 4.94. The van der Waals surface area contributed by atoms with E-state index in [1.807, 2.05) is 13.8 Å². The SMILES string of the molecule is CC(C)C1=C(Cc2c(F)cccc2F)NC(S)NC1=O. The van der Waals surface area contributed by atoms with Crippen LogP contribution in [-0.4, -0.2) is 11.4 Å². The Morgan fingerprint density at radius 1 is 1.25 bits per heavy atom. The third kappa shape index (κ3) is 2.95. The van der Waals surface area contributed by atoms with Crippen molar-refractivity contribution in [2.45, 2.75) is 25.8 Å². The molecular formula is C14H16F2N2OS. The van der Waals surface area contributed by atoms with E-state index < -0.39 is 17.1 Å². The lowest BCUT2D eigenvalue weighted by molar-refractivity contribution is -0.118. The Balaban J connectivity index is 2.43. The van der Waals surface area contributed by atoms with Crippen LogP contribution in [0.15, 0.2) is 29.5 Å². The molecule has 1 amide bonds. The van der Waals surface area contributed by atoms with Crippen LogP contribution in [0.1, 0.15) is 19.4 Å². The Bertz CT molecular complexity index is 552. The molecule has 1 aromatic rings. The largest absolute Gasteiger partial charge is 0.360 e. The summed E-state index contributed by atoms with van der Waals surface area (Å²) in [5, 5.41) is 5.58. The van der Waals surface area contributed by atoms with Crippen LogP contribution in [0.25, 0.3) is 0 Å². The van der Waals surface area contributed by atoms with Crippen molar-refractivity contribution in [2.75, 3.05) is 0 Å². The van der Waals surface area contributed by atoms with Gasteiger partial charge in [-0.3, -0.25) is 4.79 Å². The molecule has 1 atom stereocenters. The number of carbonyl (C=O) groups excluding carboxylic acids is 1. The average molecular weight is 298 g/mol. The summed E-state index contributed by atoms with van der Waals surface area (Å²) >= 11 is 4.14. The fraction of sp³-hybridized carbons (Fsp3) is 0.357. The topological polar surface area (TPSA) is 41.1 Å². The van der Waals surface area contributed by atoms with Gasteiger partial charge in [0.2, 0.25) is 0 Å². The number of thiol groups is 1. The van der Waals surface area contributed by atoms with Crippen molar-refractivity contribution in [2.24, 2.45) is 5.92 Å². The molecule has 3 nitrogen and oxygen atoms in total. The van der Waals surface area contributed by atoms with Gasteiger partial charge >= 0.3 is 0 Å². The summed E-state index contributed by atoms with van der Waals surface area (Å²) in [5.74, 6) is -1.56. The van der Waals surface area contributed by atoms with Gasteiger partial charge in [-0.1, -0.05) is 19.9 Å². The number of hydrogen-bond donors (Lipinski definition) is 3. The van der Waals surface area contributed by atoms with E-state index in [-0.39, 0.29) is 23.8 Å². The molecule has 0 saturated carbocycles. The highest BCUT2D eigenvalue weighted by Crippen LogP contribution is 2.23. The molecule has 1 aromatic carbocycles. The number of allylic oxidation sites excluding steroid dienone is 1. The van der Waals surface area contributed by atoms with Crippen molar-refractivity contribution < 1.29 is 13.6 Å². The van der Waals surface area contributed by atoms with E-state index in [1.54, 1.807) is 0 Å². The minimum atomic E-state index is -0.621. The maximum absolute atomic E-state index is 13.7. The third-order valence-corrected chi connectivity index (χ3v) is 3.40. The highest BCUT2D eigenvalue weighted by molar-refractivity contribution is 7.80. The molecule has 1 aliphatic heterocycles. The second kappa shape index (κ2) is 5.83. The lowest BCUT2D eigenvalue weighted by Crippen LogP contribution is -2.48. The van der Waals surface area contributed by atoms with E-state index in [2.05, 4.69) is 23.3 Å². The van der Waals surface area contributed by atoms with Crippen LogP contribution in [0.4, 0.5) is 8.78 Å². The van der Waals surface area contributed by atoms with Crippen LogP contribution in [0.5, 0.6) is 0 Å². The molecule has 1 unspecified atom stereocenters. The summed E-state index contributed by atoms with van der Waals surface area (Å²) in [7, 11) is 0. The minimum absolute atomic E-state index is 0.00347. The molecule has 0 spiro atoms. The Labute approximate surface area is 121 Å². The number of carbonyl (C=O) groups is 1. The number of rotatable bonds is 3. The molecule has 0 aliphatic carbocycles. The van der Waals surface area contributed by atoms with E-state index in [0.29, 0.717) is 11.3 Å². The zero-order valence-corrected chi connectivity index (χ0v) is 12.1. The van der Waals surface area contributed by atoms with Crippen LogP contribution < -0.4 is 10.6 Å². The number of halogens is 2. The molecule has 2 rings (SSSR count). The number of nitrogens with one attached hydrogen (secondary N) is 2. The molecule has 0 radical (unpaired) electrons. The Morgan fingerprint density at radius 2 is 1.85 bits per heavy atom. The first-order valence-electron chi connectivity index (χ1n) is 6.31. The van der Waals surface area contributed by atoms with Gasteiger partial charge < -0.3 is 10.6 Å². The first-order valence-corrected chi connectivity index (χ1v) is 6.83. The molecule has 20 heavy (non-hydrogen) atoms. The molecule has 2 N–H and O–H groups in total. The number of amides is 1. The van der Waals surface area contributed by atoms with Gasteiger partial charge in [-0.25, -0.2) is 8.78 Å². The predicted octanol–water partition coefficient (Wildman–Crippen LogP) is 2.35. The number of hydrogen-bond acceptors (Lipinski definition) is 3. The van der Waals surface area contributed by atoms with Crippen LogP contribution in [-0.2, 0) is 11.2 Å². The lowest BCUT2D eigenvalue weighted by Gasteiger charge is -2.29. The minimum Gasteiger partial charge on any atom is -0.360 e. The second-order valence-corrected chi connectivity index (χ2v) is 5.46. The van der Waals surface area contributed by atoms with Crippen molar-refractivity contribution in [3.8, 4) is 0 Å². The standard InChI is InChI=1S/C14H16F2N2OS/c1-7(2)12-11(17-14(20)18-13(12)19)6-8-9(15)4-3-5-10(8)16/h3-5,7,14,17,20H,6H2,1-2H3,(H,18,19). The van der Waals surface area contributed by atoms with Gasteiger partial charge in [0.05, 0.1) is 0 Å². The van der Waals surface area contributed by atoms with Gasteiger partial charge in [0.15, 0.2) is 0 Å². The highest BCUT2D eigenvalue weighted by atomic mass is 32.1. The van der Waals surface area contributed by atoms with Gasteiger partial charge in [0.25, 0.3) is 5.91 Å². The normalized spacial score (nSPS) is 19.1. The molecule has 1 heterocycles. The zero-order chi connectivity index (χ0) is 14.9. The van der Waals surface area contributed by atoms with Gasteiger partial charge in [0, 0.05) is 23.3 Å². The molecule has 0 bridgehead atoms. The summed E-state index contributed by atoms with van der Waals surface area (Å²) in [6.45, 7) is 3.71. The lowest BCUT2D eigenvalue weighted by atomic mass is 9.95. The van der Waals surface area contributed by atoms with Gasteiger partial charge in [0.1, 0.15) is 17.1 Å². The summed E-state index contributed by atoms with van der Waals surface area (Å²) in [6, 6.07) is 3.72. The van der Waals surface area contributed by atoms with E-state index in [0.717, 1.165) is 0 Å². The van der Waals surface area contributed by atoms with Gasteiger partial charge in [-0.2, -0.15) is 0 Å². The van der Waals surface area contributed by atoms with Crippen LogP contribution in [0.3, 0.4) is 0 Å². The monoisotopic (exact) mass is 298 g/mol. The fourth-order valence-corrected chi connectivity index (χ4v) is 2.53. The average Bonchev–Trinajstić information content (AvgIpc) is 2.32. The van der Waals surface area contributed by atoms with Crippen LogP contribution in [0, 0.1) is 17.6 Å². The van der Waals surface area contributed by atoms with Gasteiger partial charge in [-0.05, 0) is 18.1 Å². The molecular weight excluding hydrogens is 282 g/mol. The molecule has 1 aliphatic rings. The van der Waals surface area contributed by atoms with E-state index in [1.165, 1.54) is 18.2 Å². The van der Waals surface area contributed by atoms with Crippen molar-refractivity contribution >= 4 is 18.5 Å². The smallest absolute Gasteiger partial charge is 0.251 e. The molecule has 6 heteroatoms. The Morgan fingerprint density at radius 3 is 2.40 bits per heavy atom. The fourth-order valence-electron chi connectivity index (χ4n) is 2.25. The third-order valence-electron chi connectivity index (χ3n) is 3.14. The van der Waals surface area contributed by atoms with Crippen molar-refractivity contribution in [1.82, 2.24) is 10.6 Å². The first-order chi connectivity index (χ1) is 9.40. The molecule has 0 saturated heterocycles. The Kier molecular flexibility index (Phi) is 4.32.